The van der Waals surface area contributed by atoms with Crippen LogP contribution in [0.15, 0.2) is 36.4 Å². The fourth-order valence-corrected chi connectivity index (χ4v) is 3.24. The Kier molecular flexibility index (Phi) is 6.08. The van der Waals surface area contributed by atoms with E-state index in [1.165, 1.54) is 20.3 Å². The van der Waals surface area contributed by atoms with Crippen LogP contribution in [0.4, 0.5) is 5.00 Å². The number of anilines is 1. The van der Waals surface area contributed by atoms with Gasteiger partial charge < -0.3 is 14.8 Å². The molecule has 1 aromatic heterocycles. The molecule has 2 rings (SSSR count). The zero-order chi connectivity index (χ0) is 18.4. The molecule has 0 spiro atoms. The van der Waals surface area contributed by atoms with Gasteiger partial charge in [0.05, 0.1) is 19.8 Å². The summed E-state index contributed by atoms with van der Waals surface area (Å²) in [6, 6.07) is 9.31. The minimum absolute atomic E-state index is 0.148. The first kappa shape index (κ1) is 18.4. The number of hydrogen-bond donors (Lipinski definition) is 1. The summed E-state index contributed by atoms with van der Waals surface area (Å²) in [6.45, 7) is 1.60. The number of rotatable bonds is 5. The molecule has 1 aromatic carbocycles. The van der Waals surface area contributed by atoms with Crippen LogP contribution in [0, 0.1) is 6.92 Å². The van der Waals surface area contributed by atoms with Gasteiger partial charge in [0.2, 0.25) is 5.91 Å². The normalized spacial score (nSPS) is 10.5. The molecule has 0 bridgehead atoms. The average molecular weight is 359 g/mol. The predicted octanol–water partition coefficient (Wildman–Crippen LogP) is 3.28. The largest absolute Gasteiger partial charge is 0.465 e. The standard InChI is InChI=1S/C18H17NO5S/c1-11-14(17(21)23-2)16(25-15(11)18(22)24-3)19-13(20)10-9-12-7-5-4-6-8-12/h4-10H,1-3H3,(H,19,20). The average Bonchev–Trinajstić information content (AvgIpc) is 2.95. The number of esters is 2. The Morgan fingerprint density at radius 2 is 1.68 bits per heavy atom. The highest BCUT2D eigenvalue weighted by molar-refractivity contribution is 7.18. The Balaban J connectivity index is 2.28. The molecule has 130 valence electrons. The number of benzene rings is 1. The van der Waals surface area contributed by atoms with Crippen LogP contribution in [0.2, 0.25) is 0 Å². The molecule has 2 aromatic rings. The second-order valence-electron chi connectivity index (χ2n) is 4.98. The first-order valence-electron chi connectivity index (χ1n) is 7.32. The van der Waals surface area contributed by atoms with E-state index in [4.69, 9.17) is 9.47 Å². The van der Waals surface area contributed by atoms with E-state index in [1.54, 1.807) is 13.0 Å². The van der Waals surface area contributed by atoms with Gasteiger partial charge in [-0.25, -0.2) is 9.59 Å². The summed E-state index contributed by atoms with van der Waals surface area (Å²) >= 11 is 0.971. The van der Waals surface area contributed by atoms with Crippen LogP contribution in [0.1, 0.15) is 31.2 Å². The molecule has 1 heterocycles. The van der Waals surface area contributed by atoms with E-state index in [0.29, 0.717) is 5.56 Å². The number of nitrogens with one attached hydrogen (secondary N) is 1. The summed E-state index contributed by atoms with van der Waals surface area (Å²) in [4.78, 5) is 36.2. The summed E-state index contributed by atoms with van der Waals surface area (Å²) < 4.78 is 9.44. The summed E-state index contributed by atoms with van der Waals surface area (Å²) in [5.74, 6) is -1.63. The van der Waals surface area contributed by atoms with Crippen molar-refractivity contribution in [2.45, 2.75) is 6.92 Å². The zero-order valence-corrected chi connectivity index (χ0v) is 14.8. The van der Waals surface area contributed by atoms with Crippen LogP contribution in [-0.4, -0.2) is 32.1 Å². The van der Waals surface area contributed by atoms with Gasteiger partial charge in [-0.1, -0.05) is 30.3 Å². The summed E-state index contributed by atoms with van der Waals surface area (Å²) in [5, 5.41) is 2.86. The van der Waals surface area contributed by atoms with E-state index in [1.807, 2.05) is 30.3 Å². The third-order valence-corrected chi connectivity index (χ3v) is 4.56. The van der Waals surface area contributed by atoms with Crippen LogP contribution in [0.3, 0.4) is 0 Å². The smallest absolute Gasteiger partial charge is 0.348 e. The minimum atomic E-state index is -0.633. The van der Waals surface area contributed by atoms with Gasteiger partial charge in [0.15, 0.2) is 0 Å². The third kappa shape index (κ3) is 4.33. The molecule has 1 amide bonds. The van der Waals surface area contributed by atoms with E-state index in [2.05, 4.69) is 5.32 Å². The van der Waals surface area contributed by atoms with Gasteiger partial charge >= 0.3 is 11.9 Å². The van der Waals surface area contributed by atoms with Crippen molar-refractivity contribution in [1.29, 1.82) is 0 Å². The first-order chi connectivity index (χ1) is 12.0. The minimum Gasteiger partial charge on any atom is -0.465 e. The topological polar surface area (TPSA) is 81.7 Å². The highest BCUT2D eigenvalue weighted by Gasteiger charge is 2.26. The van der Waals surface area contributed by atoms with Crippen molar-refractivity contribution >= 4 is 40.3 Å². The van der Waals surface area contributed by atoms with Crippen molar-refractivity contribution in [3.63, 3.8) is 0 Å². The lowest BCUT2D eigenvalue weighted by Gasteiger charge is -2.04. The fraction of sp³-hybridized carbons (Fsp3) is 0.167. The summed E-state index contributed by atoms with van der Waals surface area (Å²) in [6.07, 6.45) is 3.00. The van der Waals surface area contributed by atoms with Gasteiger partial charge in [0.1, 0.15) is 9.88 Å². The Bertz CT molecular complexity index is 823. The lowest BCUT2D eigenvalue weighted by atomic mass is 10.1. The van der Waals surface area contributed by atoms with E-state index in [-0.39, 0.29) is 15.4 Å². The van der Waals surface area contributed by atoms with Crippen molar-refractivity contribution in [3.05, 3.63) is 58.0 Å². The van der Waals surface area contributed by atoms with Gasteiger partial charge in [-0.05, 0) is 24.1 Å². The molecule has 0 atom stereocenters. The lowest BCUT2D eigenvalue weighted by molar-refractivity contribution is -0.111. The van der Waals surface area contributed by atoms with Crippen molar-refractivity contribution in [2.24, 2.45) is 0 Å². The van der Waals surface area contributed by atoms with Gasteiger partial charge in [-0.3, -0.25) is 4.79 Å². The highest BCUT2D eigenvalue weighted by atomic mass is 32.1. The van der Waals surface area contributed by atoms with Crippen molar-refractivity contribution < 1.29 is 23.9 Å². The molecule has 0 unspecified atom stereocenters. The molecule has 0 aliphatic heterocycles. The Hall–Kier alpha value is -2.93. The molecular formula is C18H17NO5S. The van der Waals surface area contributed by atoms with Crippen LogP contribution < -0.4 is 5.32 Å². The molecule has 25 heavy (non-hydrogen) atoms. The Morgan fingerprint density at radius 1 is 1.04 bits per heavy atom. The van der Waals surface area contributed by atoms with E-state index < -0.39 is 17.8 Å². The molecule has 0 aliphatic carbocycles. The summed E-state index contributed by atoms with van der Waals surface area (Å²) in [5.41, 5.74) is 1.42. The third-order valence-electron chi connectivity index (χ3n) is 3.37. The van der Waals surface area contributed by atoms with Crippen molar-refractivity contribution in [3.8, 4) is 0 Å². The van der Waals surface area contributed by atoms with E-state index in [0.717, 1.165) is 16.9 Å². The molecule has 0 aliphatic rings. The number of ether oxygens (including phenoxy) is 2. The number of carbonyl (C=O) groups excluding carboxylic acids is 3. The Labute approximate surface area is 149 Å². The maximum atomic E-state index is 12.1. The molecule has 0 saturated heterocycles. The van der Waals surface area contributed by atoms with Crippen LogP contribution in [0.5, 0.6) is 0 Å². The second kappa shape index (κ2) is 8.25. The molecular weight excluding hydrogens is 342 g/mol. The Morgan fingerprint density at radius 3 is 2.28 bits per heavy atom. The van der Waals surface area contributed by atoms with E-state index in [9.17, 15) is 14.4 Å². The maximum absolute atomic E-state index is 12.1. The number of carbonyl (C=O) groups is 3. The lowest BCUT2D eigenvalue weighted by Crippen LogP contribution is -2.11. The zero-order valence-electron chi connectivity index (χ0n) is 14.0. The van der Waals surface area contributed by atoms with Crippen LogP contribution in [0.25, 0.3) is 6.08 Å². The highest BCUT2D eigenvalue weighted by Crippen LogP contribution is 2.34. The quantitative estimate of drug-likeness (QED) is 0.654. The fourth-order valence-electron chi connectivity index (χ4n) is 2.13. The molecule has 0 saturated carbocycles. The predicted molar refractivity (Wildman–Crippen MR) is 95.8 cm³/mol. The number of methoxy groups -OCH3 is 2. The van der Waals surface area contributed by atoms with Gasteiger partial charge in [-0.15, -0.1) is 11.3 Å². The molecule has 0 fully saturated rings. The molecule has 0 radical (unpaired) electrons. The summed E-state index contributed by atoms with van der Waals surface area (Å²) in [7, 11) is 2.48. The molecule has 1 N–H and O–H groups in total. The molecule has 7 heteroatoms. The van der Waals surface area contributed by atoms with Crippen LogP contribution >= 0.6 is 11.3 Å². The maximum Gasteiger partial charge on any atom is 0.348 e. The number of thiophene rings is 1. The van der Waals surface area contributed by atoms with Crippen molar-refractivity contribution in [2.75, 3.05) is 19.5 Å². The SMILES string of the molecule is COC(=O)c1sc(NC(=O)C=Cc2ccccc2)c(C(=O)OC)c1C. The van der Waals surface area contributed by atoms with Gasteiger partial charge in [0, 0.05) is 6.08 Å². The van der Waals surface area contributed by atoms with E-state index >= 15 is 0 Å². The number of amides is 1. The van der Waals surface area contributed by atoms with Gasteiger partial charge in [0.25, 0.3) is 0 Å². The second-order valence-corrected chi connectivity index (χ2v) is 6.00. The van der Waals surface area contributed by atoms with Crippen LogP contribution in [-0.2, 0) is 14.3 Å². The monoisotopic (exact) mass is 359 g/mol. The van der Waals surface area contributed by atoms with Crippen molar-refractivity contribution in [1.82, 2.24) is 0 Å². The first-order valence-corrected chi connectivity index (χ1v) is 8.13. The van der Waals surface area contributed by atoms with Gasteiger partial charge in [-0.2, -0.15) is 0 Å². The number of hydrogen-bond acceptors (Lipinski definition) is 6. The molecule has 6 nitrogen and oxygen atoms in total.